The Bertz CT molecular complexity index is 977. The zero-order valence-electron chi connectivity index (χ0n) is 17.8. The van der Waals surface area contributed by atoms with Crippen LogP contribution in [0.15, 0.2) is 66.7 Å². The van der Waals surface area contributed by atoms with Crippen molar-refractivity contribution in [3.8, 4) is 11.5 Å². The number of carbonyl (C=O) groups is 1. The summed E-state index contributed by atoms with van der Waals surface area (Å²) in [6, 6.07) is 21.8. The fourth-order valence-corrected chi connectivity index (χ4v) is 3.34. The Hall–Kier alpha value is -3.27. The summed E-state index contributed by atoms with van der Waals surface area (Å²) in [6.45, 7) is 4.75. The average Bonchev–Trinajstić information content (AvgIpc) is 2.77. The summed E-state index contributed by atoms with van der Waals surface area (Å²) < 4.78 is 16.5. The van der Waals surface area contributed by atoms with Gasteiger partial charge in [0.05, 0.1) is 19.3 Å². The molecule has 0 amide bonds. The first-order chi connectivity index (χ1) is 14.6. The van der Waals surface area contributed by atoms with E-state index in [1.165, 1.54) is 11.1 Å². The Morgan fingerprint density at radius 1 is 0.900 bits per heavy atom. The molecule has 0 atom stereocenters. The number of aryl methyl sites for hydroxylation is 3. The van der Waals surface area contributed by atoms with Gasteiger partial charge in [-0.05, 0) is 73.2 Å². The zero-order valence-corrected chi connectivity index (χ0v) is 17.8. The molecule has 3 rings (SSSR count). The smallest absolute Gasteiger partial charge is 0.338 e. The van der Waals surface area contributed by atoms with E-state index >= 15 is 0 Å². The van der Waals surface area contributed by atoms with Crippen molar-refractivity contribution in [1.29, 1.82) is 0 Å². The molecule has 0 fully saturated rings. The lowest BCUT2D eigenvalue weighted by molar-refractivity contribution is 0.0526. The third-order valence-electron chi connectivity index (χ3n) is 4.96. The van der Waals surface area contributed by atoms with Crippen LogP contribution in [0.2, 0.25) is 0 Å². The largest absolute Gasteiger partial charge is 0.497 e. The number of hydrogen-bond donors (Lipinski definition) is 0. The lowest BCUT2D eigenvalue weighted by Crippen LogP contribution is -2.05. The van der Waals surface area contributed by atoms with E-state index in [0.717, 1.165) is 35.5 Å². The van der Waals surface area contributed by atoms with Crippen molar-refractivity contribution in [2.24, 2.45) is 0 Å². The molecule has 3 aromatic rings. The quantitative estimate of drug-likeness (QED) is 0.439. The highest BCUT2D eigenvalue weighted by Crippen LogP contribution is 2.26. The van der Waals surface area contributed by atoms with Gasteiger partial charge in [0.2, 0.25) is 0 Å². The molecule has 156 valence electrons. The van der Waals surface area contributed by atoms with E-state index in [2.05, 4.69) is 25.1 Å². The Labute approximate surface area is 178 Å². The van der Waals surface area contributed by atoms with Crippen LogP contribution in [0.1, 0.15) is 39.5 Å². The minimum absolute atomic E-state index is 0.282. The Morgan fingerprint density at radius 3 is 2.40 bits per heavy atom. The van der Waals surface area contributed by atoms with Crippen LogP contribution in [0, 0.1) is 6.92 Å². The van der Waals surface area contributed by atoms with E-state index in [4.69, 9.17) is 14.2 Å². The molecule has 0 aliphatic rings. The molecule has 0 N–H and O–H groups in total. The summed E-state index contributed by atoms with van der Waals surface area (Å²) in [5.41, 5.74) is 5.11. The van der Waals surface area contributed by atoms with Gasteiger partial charge >= 0.3 is 5.97 Å². The molecule has 0 spiro atoms. The van der Waals surface area contributed by atoms with Crippen molar-refractivity contribution in [2.75, 3.05) is 13.7 Å². The third kappa shape index (κ3) is 5.63. The first kappa shape index (κ1) is 21.4. The van der Waals surface area contributed by atoms with Crippen molar-refractivity contribution in [1.82, 2.24) is 0 Å². The third-order valence-corrected chi connectivity index (χ3v) is 4.96. The minimum Gasteiger partial charge on any atom is -0.497 e. The van der Waals surface area contributed by atoms with Gasteiger partial charge in [0.1, 0.15) is 18.1 Å². The van der Waals surface area contributed by atoms with Crippen LogP contribution in [-0.2, 0) is 24.2 Å². The molecule has 0 saturated carbocycles. The number of rotatable bonds is 9. The van der Waals surface area contributed by atoms with Crippen LogP contribution >= 0.6 is 0 Å². The van der Waals surface area contributed by atoms with Crippen LogP contribution < -0.4 is 9.47 Å². The van der Waals surface area contributed by atoms with Gasteiger partial charge in [0.15, 0.2) is 0 Å². The Morgan fingerprint density at radius 2 is 1.67 bits per heavy atom. The fourth-order valence-electron chi connectivity index (χ4n) is 3.34. The predicted octanol–water partition coefficient (Wildman–Crippen LogP) is 5.54. The molecule has 30 heavy (non-hydrogen) atoms. The number of hydrogen-bond acceptors (Lipinski definition) is 4. The highest BCUT2D eigenvalue weighted by molar-refractivity contribution is 5.89. The van der Waals surface area contributed by atoms with Gasteiger partial charge in [-0.25, -0.2) is 4.79 Å². The second-order valence-corrected chi connectivity index (χ2v) is 7.12. The monoisotopic (exact) mass is 404 g/mol. The molecule has 0 heterocycles. The predicted molar refractivity (Wildman–Crippen MR) is 118 cm³/mol. The molecule has 0 radical (unpaired) electrons. The van der Waals surface area contributed by atoms with Crippen molar-refractivity contribution in [3.05, 3.63) is 94.5 Å². The number of esters is 1. The van der Waals surface area contributed by atoms with E-state index in [1.54, 1.807) is 7.11 Å². The average molecular weight is 405 g/mol. The first-order valence-electron chi connectivity index (χ1n) is 10.2. The van der Waals surface area contributed by atoms with Crippen molar-refractivity contribution >= 4 is 5.97 Å². The molecule has 0 saturated heterocycles. The van der Waals surface area contributed by atoms with Crippen LogP contribution in [0.4, 0.5) is 0 Å². The summed E-state index contributed by atoms with van der Waals surface area (Å²) in [7, 11) is 1.67. The second kappa shape index (κ2) is 10.5. The van der Waals surface area contributed by atoms with Crippen LogP contribution in [0.25, 0.3) is 0 Å². The topological polar surface area (TPSA) is 44.8 Å². The molecule has 3 aromatic carbocycles. The minimum atomic E-state index is -0.282. The SMILES string of the molecule is CCOC(=O)c1ccc(CCc2cccc(C)c2OCc2cccc(OC)c2)cc1. The summed E-state index contributed by atoms with van der Waals surface area (Å²) in [6.07, 6.45) is 1.72. The molecule has 0 unspecified atom stereocenters. The van der Waals surface area contributed by atoms with Gasteiger partial charge in [-0.1, -0.05) is 42.5 Å². The Kier molecular flexibility index (Phi) is 7.50. The van der Waals surface area contributed by atoms with E-state index < -0.39 is 0 Å². The maximum Gasteiger partial charge on any atom is 0.338 e. The van der Waals surface area contributed by atoms with Gasteiger partial charge in [-0.3, -0.25) is 0 Å². The molecular weight excluding hydrogens is 376 g/mol. The van der Waals surface area contributed by atoms with Crippen LogP contribution in [0.3, 0.4) is 0 Å². The lowest BCUT2D eigenvalue weighted by atomic mass is 10.0. The van der Waals surface area contributed by atoms with Gasteiger partial charge in [-0.15, -0.1) is 0 Å². The number of methoxy groups -OCH3 is 1. The highest BCUT2D eigenvalue weighted by atomic mass is 16.5. The Balaban J connectivity index is 1.66. The number of ether oxygens (including phenoxy) is 3. The summed E-state index contributed by atoms with van der Waals surface area (Å²) >= 11 is 0. The molecule has 0 aromatic heterocycles. The summed E-state index contributed by atoms with van der Waals surface area (Å²) in [5.74, 6) is 1.48. The molecule has 0 aliphatic heterocycles. The number of para-hydroxylation sites is 1. The van der Waals surface area contributed by atoms with Gasteiger partial charge in [-0.2, -0.15) is 0 Å². The zero-order chi connectivity index (χ0) is 21.3. The van der Waals surface area contributed by atoms with Crippen molar-refractivity contribution in [3.63, 3.8) is 0 Å². The molecule has 0 bridgehead atoms. The standard InChI is InChI=1S/C26H28O4/c1-4-29-26(27)23-15-12-20(13-16-23)11-14-22-9-5-7-19(2)25(22)30-18-21-8-6-10-24(17-21)28-3/h5-10,12-13,15-17H,4,11,14,18H2,1-3H3. The molecule has 4 nitrogen and oxygen atoms in total. The van der Waals surface area contributed by atoms with E-state index in [0.29, 0.717) is 18.8 Å². The first-order valence-corrected chi connectivity index (χ1v) is 10.2. The number of benzene rings is 3. The molecule has 4 heteroatoms. The maximum absolute atomic E-state index is 11.8. The van der Waals surface area contributed by atoms with Gasteiger partial charge in [0.25, 0.3) is 0 Å². The van der Waals surface area contributed by atoms with Gasteiger partial charge < -0.3 is 14.2 Å². The normalized spacial score (nSPS) is 10.5. The second-order valence-electron chi connectivity index (χ2n) is 7.12. The van der Waals surface area contributed by atoms with Crippen LogP contribution in [0.5, 0.6) is 11.5 Å². The summed E-state index contributed by atoms with van der Waals surface area (Å²) in [5, 5.41) is 0. The maximum atomic E-state index is 11.8. The summed E-state index contributed by atoms with van der Waals surface area (Å²) in [4.78, 5) is 11.8. The lowest BCUT2D eigenvalue weighted by Gasteiger charge is -2.15. The highest BCUT2D eigenvalue weighted by Gasteiger charge is 2.10. The van der Waals surface area contributed by atoms with Crippen LogP contribution in [-0.4, -0.2) is 19.7 Å². The van der Waals surface area contributed by atoms with Gasteiger partial charge in [0, 0.05) is 0 Å². The van der Waals surface area contributed by atoms with E-state index in [1.807, 2.05) is 55.5 Å². The van der Waals surface area contributed by atoms with E-state index in [-0.39, 0.29) is 5.97 Å². The fraction of sp³-hybridized carbons (Fsp3) is 0.269. The van der Waals surface area contributed by atoms with Crippen molar-refractivity contribution in [2.45, 2.75) is 33.3 Å². The molecule has 0 aliphatic carbocycles. The molecular formula is C26H28O4. The van der Waals surface area contributed by atoms with Crippen molar-refractivity contribution < 1.29 is 19.0 Å². The number of carbonyl (C=O) groups excluding carboxylic acids is 1. The van der Waals surface area contributed by atoms with E-state index in [9.17, 15) is 4.79 Å².